The number of aryl methyl sites for hydroxylation is 2. The minimum atomic E-state index is -0.879. The van der Waals surface area contributed by atoms with Gasteiger partial charge in [0.25, 0.3) is 10.6 Å². The first-order valence-electron chi connectivity index (χ1n) is 14.4. The monoisotopic (exact) mass is 574 g/mol. The van der Waals surface area contributed by atoms with Crippen molar-refractivity contribution < 1.29 is 24.3 Å². The van der Waals surface area contributed by atoms with Crippen LogP contribution in [-0.2, 0) is 33.6 Å². The quantitative estimate of drug-likeness (QED) is 0.157. The van der Waals surface area contributed by atoms with Gasteiger partial charge in [-0.15, -0.1) is 21.5 Å². The molecule has 218 valence electrons. The van der Waals surface area contributed by atoms with Crippen LogP contribution in [0.2, 0.25) is 0 Å². The highest BCUT2D eigenvalue weighted by atomic mass is 32.1. The minimum Gasteiger partial charge on any atom is -0.466 e. The predicted molar refractivity (Wildman–Crippen MR) is 150 cm³/mol. The molecule has 1 amide bonds. The van der Waals surface area contributed by atoms with Gasteiger partial charge in [0.15, 0.2) is 5.13 Å². The van der Waals surface area contributed by atoms with E-state index >= 15 is 0 Å². The molecule has 2 heterocycles. The zero-order chi connectivity index (χ0) is 28.3. The first kappa shape index (κ1) is 29.7. The average Bonchev–Trinajstić information content (AvgIpc) is 3.40. The Morgan fingerprint density at radius 2 is 1.82 bits per heavy atom. The molecule has 11 nitrogen and oxygen atoms in total. The van der Waals surface area contributed by atoms with Gasteiger partial charge in [0.1, 0.15) is 0 Å². The zero-order valence-corrected chi connectivity index (χ0v) is 23.7. The fraction of sp³-hybridized carbons (Fsp3) is 0.643. The van der Waals surface area contributed by atoms with E-state index in [9.17, 15) is 24.5 Å². The van der Waals surface area contributed by atoms with E-state index in [1.54, 1.807) is 4.90 Å². The average molecular weight is 575 g/mol. The summed E-state index contributed by atoms with van der Waals surface area (Å²) in [5, 5.41) is 11.7. The van der Waals surface area contributed by atoms with Gasteiger partial charge in [0, 0.05) is 36.5 Å². The lowest BCUT2D eigenvalue weighted by Gasteiger charge is -2.29. The van der Waals surface area contributed by atoms with Crippen LogP contribution in [0.3, 0.4) is 0 Å². The number of amides is 1. The molecule has 1 fully saturated rings. The summed E-state index contributed by atoms with van der Waals surface area (Å²) in [6.07, 6.45) is 12.1. The Morgan fingerprint density at radius 3 is 2.60 bits per heavy atom. The van der Waals surface area contributed by atoms with Gasteiger partial charge < -0.3 is 9.57 Å². The Morgan fingerprint density at radius 1 is 1.07 bits per heavy atom. The lowest BCUT2D eigenvalue weighted by molar-refractivity contribution is -0.757. The highest BCUT2D eigenvalue weighted by Crippen LogP contribution is 2.30. The van der Waals surface area contributed by atoms with Gasteiger partial charge in [-0.2, -0.15) is 0 Å². The number of hydrogen-bond acceptors (Lipinski definition) is 9. The maximum atomic E-state index is 14.1. The second kappa shape index (κ2) is 14.9. The molecule has 2 aliphatic rings. The summed E-state index contributed by atoms with van der Waals surface area (Å²) in [5.74, 6) is -0.0826. The highest BCUT2D eigenvalue weighted by molar-refractivity contribution is 7.14. The van der Waals surface area contributed by atoms with Crippen molar-refractivity contribution in [1.82, 2.24) is 9.55 Å². The molecule has 0 spiro atoms. The van der Waals surface area contributed by atoms with Gasteiger partial charge in [-0.3, -0.25) is 14.5 Å². The summed E-state index contributed by atoms with van der Waals surface area (Å²) in [5.41, 5.74) is 2.27. The van der Waals surface area contributed by atoms with Crippen molar-refractivity contribution in [2.24, 2.45) is 5.92 Å². The van der Waals surface area contributed by atoms with E-state index < -0.39 is 11.1 Å². The van der Waals surface area contributed by atoms with E-state index in [4.69, 9.17) is 9.72 Å². The molecule has 0 aromatic carbocycles. The molecule has 0 atom stereocenters. The van der Waals surface area contributed by atoms with E-state index in [1.165, 1.54) is 28.4 Å². The zero-order valence-electron chi connectivity index (χ0n) is 22.9. The number of nitrogens with zero attached hydrogens (tertiary/aromatic N) is 4. The summed E-state index contributed by atoms with van der Waals surface area (Å²) in [7, 11) is 0. The van der Waals surface area contributed by atoms with Crippen LogP contribution in [0.25, 0.3) is 0 Å². The van der Waals surface area contributed by atoms with Gasteiger partial charge in [-0.05, 0) is 50.0 Å². The van der Waals surface area contributed by atoms with E-state index in [1.807, 2.05) is 11.4 Å². The van der Waals surface area contributed by atoms with Crippen molar-refractivity contribution in [3.05, 3.63) is 54.9 Å². The van der Waals surface area contributed by atoms with E-state index in [2.05, 4.69) is 4.84 Å². The van der Waals surface area contributed by atoms with Crippen molar-refractivity contribution in [1.29, 1.82) is 0 Å². The summed E-state index contributed by atoms with van der Waals surface area (Å²) in [4.78, 5) is 60.1. The van der Waals surface area contributed by atoms with Gasteiger partial charge >= 0.3 is 12.0 Å². The normalized spacial score (nSPS) is 15.9. The first-order valence-corrected chi connectivity index (χ1v) is 15.2. The van der Waals surface area contributed by atoms with Gasteiger partial charge in [-0.1, -0.05) is 38.2 Å². The molecule has 0 aliphatic heterocycles. The van der Waals surface area contributed by atoms with Gasteiger partial charge in [-0.25, -0.2) is 14.3 Å². The van der Waals surface area contributed by atoms with Crippen LogP contribution in [0.4, 0.5) is 9.93 Å². The maximum Gasteiger partial charge on any atom is 0.337 e. The van der Waals surface area contributed by atoms with Crippen molar-refractivity contribution >= 4 is 28.5 Å². The smallest absolute Gasteiger partial charge is 0.337 e. The molecule has 0 bridgehead atoms. The number of hydrogen-bond donors (Lipinski definition) is 0. The Balaban J connectivity index is 1.48. The van der Waals surface area contributed by atoms with E-state index in [0.29, 0.717) is 36.1 Å². The van der Waals surface area contributed by atoms with Crippen molar-refractivity contribution in [3.63, 3.8) is 0 Å². The summed E-state index contributed by atoms with van der Waals surface area (Å²) in [6, 6.07) is 3.05. The van der Waals surface area contributed by atoms with Crippen LogP contribution in [0, 0.1) is 16.0 Å². The fourth-order valence-electron chi connectivity index (χ4n) is 5.50. The molecular formula is C28H38N4O7S. The third-order valence-electron chi connectivity index (χ3n) is 7.59. The number of thiazole rings is 1. The molecule has 12 heteroatoms. The molecule has 2 aromatic heterocycles. The number of carbonyl (C=O) groups excluding carboxylic acids is 2. The first-order chi connectivity index (χ1) is 19.4. The maximum absolute atomic E-state index is 14.1. The molecule has 4 rings (SSSR count). The highest BCUT2D eigenvalue weighted by Gasteiger charge is 2.28. The fourth-order valence-corrected chi connectivity index (χ4v) is 6.36. The molecule has 2 aliphatic carbocycles. The van der Waals surface area contributed by atoms with E-state index in [0.717, 1.165) is 69.0 Å². The molecule has 1 saturated carbocycles. The van der Waals surface area contributed by atoms with Crippen LogP contribution in [-0.4, -0.2) is 46.4 Å². The molecule has 2 aromatic rings. The second-order valence-electron chi connectivity index (χ2n) is 10.5. The van der Waals surface area contributed by atoms with Crippen LogP contribution in [0.5, 0.6) is 0 Å². The van der Waals surface area contributed by atoms with Crippen LogP contribution in [0.1, 0.15) is 87.6 Å². The van der Waals surface area contributed by atoms with E-state index in [-0.39, 0.29) is 37.6 Å². The van der Waals surface area contributed by atoms with Gasteiger partial charge in [0.05, 0.1) is 25.3 Å². The Hall–Kier alpha value is -3.28. The molecule has 0 unspecified atom stereocenters. The minimum absolute atomic E-state index is 0.0365. The van der Waals surface area contributed by atoms with Crippen molar-refractivity contribution in [2.75, 3.05) is 24.7 Å². The van der Waals surface area contributed by atoms with Gasteiger partial charge in [0.2, 0.25) is 0 Å². The number of fused-ring (bicyclic) bond motifs is 1. The van der Waals surface area contributed by atoms with Crippen molar-refractivity contribution in [3.8, 4) is 0 Å². The Labute approximate surface area is 237 Å². The summed E-state index contributed by atoms with van der Waals surface area (Å²) in [6.45, 7) is 0.416. The third-order valence-corrected chi connectivity index (χ3v) is 8.50. The Bertz CT molecular complexity index is 1220. The second-order valence-corrected chi connectivity index (χ2v) is 11.4. The Kier molecular flexibility index (Phi) is 11.1. The van der Waals surface area contributed by atoms with Crippen LogP contribution < -0.4 is 10.5 Å². The number of carbonyl (C=O) groups is 2. The predicted octanol–water partition coefficient (Wildman–Crippen LogP) is 5.09. The van der Waals surface area contributed by atoms with Crippen LogP contribution >= 0.6 is 11.3 Å². The molecule has 0 N–H and O–H groups in total. The van der Waals surface area contributed by atoms with Crippen molar-refractivity contribution in [2.45, 2.75) is 89.9 Å². The SMILES string of the molecule is O=C(CCc1csc(N(CC2CCCCC2)C(=O)n2c3c(ccc2=O)CCCCCC3)n1)OCCCO[N+](=O)[O-]. The number of rotatable bonds is 11. The summed E-state index contributed by atoms with van der Waals surface area (Å²) < 4.78 is 6.49. The number of aromatic nitrogens is 2. The number of ether oxygens (including phenoxy) is 1. The topological polar surface area (TPSA) is 134 Å². The number of pyridine rings is 1. The molecule has 40 heavy (non-hydrogen) atoms. The van der Waals surface area contributed by atoms with Crippen LogP contribution in [0.15, 0.2) is 22.3 Å². The lowest BCUT2D eigenvalue weighted by atomic mass is 9.89. The standard InChI is InChI=1S/C28H38N4O7S/c33-25-15-13-22-11-6-1-2-7-12-24(22)31(25)28(35)30(19-21-9-4-3-5-10-21)27-29-23(20-40-27)14-16-26(34)38-17-8-18-39-32(36)37/h13,15,20-21H,1-12,14,16-19H2. The lowest BCUT2D eigenvalue weighted by Crippen LogP contribution is -2.44. The molecule has 0 radical (unpaired) electrons. The molecule has 0 saturated heterocycles. The largest absolute Gasteiger partial charge is 0.466 e. The number of anilines is 1. The summed E-state index contributed by atoms with van der Waals surface area (Å²) >= 11 is 1.34. The number of esters is 1. The third kappa shape index (κ3) is 8.36. The molecular weight excluding hydrogens is 536 g/mol.